The van der Waals surface area contributed by atoms with E-state index in [1.54, 1.807) is 17.7 Å². The lowest BCUT2D eigenvalue weighted by Gasteiger charge is -2.24. The first-order chi connectivity index (χ1) is 12.2. The first-order valence-corrected chi connectivity index (χ1v) is 9.21. The van der Waals surface area contributed by atoms with Gasteiger partial charge in [-0.1, -0.05) is 0 Å². The average molecular weight is 353 g/mol. The van der Waals surface area contributed by atoms with Crippen molar-refractivity contribution in [3.8, 4) is 11.4 Å². The summed E-state index contributed by atoms with van der Waals surface area (Å²) in [7, 11) is 1.91. The van der Waals surface area contributed by atoms with E-state index in [1.165, 1.54) is 5.56 Å². The lowest BCUT2D eigenvalue weighted by atomic mass is 10.1. The third-order valence-electron chi connectivity index (χ3n) is 4.55. The second-order valence-corrected chi connectivity index (χ2v) is 6.96. The van der Waals surface area contributed by atoms with Crippen LogP contribution < -0.4 is 5.32 Å². The van der Waals surface area contributed by atoms with Crippen LogP contribution in [-0.4, -0.2) is 32.2 Å². The number of carbonyl (C=O) groups excluding carboxylic acids is 1. The zero-order valence-corrected chi connectivity index (χ0v) is 14.7. The van der Waals surface area contributed by atoms with Crippen molar-refractivity contribution in [3.05, 3.63) is 53.0 Å². The van der Waals surface area contributed by atoms with E-state index in [2.05, 4.69) is 32.3 Å². The smallest absolute Gasteiger partial charge is 0.317 e. The minimum atomic E-state index is -0.0416. The molecule has 1 saturated heterocycles. The Labute approximate surface area is 150 Å². The summed E-state index contributed by atoms with van der Waals surface area (Å²) in [6, 6.07) is 9.94. The number of amides is 2. The summed E-state index contributed by atoms with van der Waals surface area (Å²) in [5.41, 5.74) is 2.98. The van der Waals surface area contributed by atoms with Crippen LogP contribution in [0.3, 0.4) is 0 Å². The van der Waals surface area contributed by atoms with Crippen molar-refractivity contribution >= 4 is 23.1 Å². The summed E-state index contributed by atoms with van der Waals surface area (Å²) >= 11 is 1.67. The van der Waals surface area contributed by atoms with Gasteiger partial charge in [0.25, 0.3) is 0 Å². The maximum Gasteiger partial charge on any atom is 0.322 e. The molecule has 1 aliphatic heterocycles. The quantitative estimate of drug-likeness (QED) is 0.776. The third-order valence-corrected chi connectivity index (χ3v) is 5.25. The molecule has 0 unspecified atom stereocenters. The van der Waals surface area contributed by atoms with Crippen LogP contribution in [0.2, 0.25) is 0 Å². The van der Waals surface area contributed by atoms with Crippen molar-refractivity contribution < 1.29 is 4.79 Å². The second kappa shape index (κ2) is 6.68. The Kier molecular flexibility index (Phi) is 4.23. The van der Waals surface area contributed by atoms with Crippen LogP contribution in [0.25, 0.3) is 11.4 Å². The molecule has 3 aromatic rings. The van der Waals surface area contributed by atoms with Gasteiger partial charge >= 0.3 is 6.03 Å². The van der Waals surface area contributed by atoms with E-state index in [0.29, 0.717) is 0 Å². The zero-order chi connectivity index (χ0) is 17.2. The van der Waals surface area contributed by atoms with E-state index >= 15 is 0 Å². The molecule has 1 N–H and O–H groups in total. The molecular formula is C18H19N5OS. The van der Waals surface area contributed by atoms with Gasteiger partial charge in [0.15, 0.2) is 5.82 Å². The maximum absolute atomic E-state index is 12.7. The fraction of sp³-hybridized carbons (Fsp3) is 0.278. The van der Waals surface area contributed by atoms with Crippen molar-refractivity contribution in [2.24, 2.45) is 7.05 Å². The Hall–Kier alpha value is -2.67. The summed E-state index contributed by atoms with van der Waals surface area (Å²) in [6.07, 6.45) is 3.73. The van der Waals surface area contributed by atoms with E-state index < -0.39 is 0 Å². The molecule has 0 radical (unpaired) electrons. The van der Waals surface area contributed by atoms with Crippen LogP contribution in [0.4, 0.5) is 10.5 Å². The fourth-order valence-corrected chi connectivity index (χ4v) is 3.97. The molecule has 4 rings (SSSR count). The molecule has 2 aromatic heterocycles. The van der Waals surface area contributed by atoms with Gasteiger partial charge in [-0.3, -0.25) is 0 Å². The number of hydrogen-bond acceptors (Lipinski definition) is 4. The topological polar surface area (TPSA) is 63.1 Å². The van der Waals surface area contributed by atoms with Gasteiger partial charge < -0.3 is 14.8 Å². The highest BCUT2D eigenvalue weighted by atomic mass is 32.1. The maximum atomic E-state index is 12.7. The average Bonchev–Trinajstić information content (AvgIpc) is 3.36. The lowest BCUT2D eigenvalue weighted by Crippen LogP contribution is -2.34. The Morgan fingerprint density at radius 3 is 2.80 bits per heavy atom. The molecule has 0 spiro atoms. The molecule has 1 fully saturated rings. The number of nitrogens with zero attached hydrogens (tertiary/aromatic N) is 4. The monoisotopic (exact) mass is 353 g/mol. The van der Waals surface area contributed by atoms with Gasteiger partial charge in [0.2, 0.25) is 0 Å². The number of nitrogens with one attached hydrogen (secondary N) is 1. The number of urea groups is 1. The number of carbonyl (C=O) groups is 1. The summed E-state index contributed by atoms with van der Waals surface area (Å²) in [6.45, 7) is 0.795. The Balaban J connectivity index is 1.46. The predicted octanol–water partition coefficient (Wildman–Crippen LogP) is 3.91. The highest BCUT2D eigenvalue weighted by Gasteiger charge is 2.30. The molecule has 1 aromatic carbocycles. The van der Waals surface area contributed by atoms with Crippen molar-refractivity contribution in [2.45, 2.75) is 18.9 Å². The van der Waals surface area contributed by atoms with Crippen molar-refractivity contribution in [1.29, 1.82) is 0 Å². The largest absolute Gasteiger partial charge is 0.322 e. The molecule has 6 nitrogen and oxygen atoms in total. The van der Waals surface area contributed by atoms with Crippen LogP contribution in [0.5, 0.6) is 0 Å². The standard InChI is InChI=1S/C18H19N5OS/c1-22-12-19-21-17(22)13-4-6-15(7-5-13)20-18(24)23-9-2-3-16(23)14-8-10-25-11-14/h4-8,10-12,16H,2-3,9H2,1H3,(H,20,24)/t16-/m1/s1. The van der Waals surface area contributed by atoms with E-state index in [4.69, 9.17) is 0 Å². The summed E-state index contributed by atoms with van der Waals surface area (Å²) < 4.78 is 1.86. The molecule has 2 amide bonds. The molecule has 25 heavy (non-hydrogen) atoms. The van der Waals surface area contributed by atoms with Gasteiger partial charge in [-0.15, -0.1) is 10.2 Å². The van der Waals surface area contributed by atoms with Gasteiger partial charge in [0, 0.05) is 24.8 Å². The van der Waals surface area contributed by atoms with E-state index in [-0.39, 0.29) is 12.1 Å². The lowest BCUT2D eigenvalue weighted by molar-refractivity contribution is 0.207. The molecule has 3 heterocycles. The third kappa shape index (κ3) is 3.15. The molecule has 128 valence electrons. The van der Waals surface area contributed by atoms with Gasteiger partial charge in [0.1, 0.15) is 6.33 Å². The predicted molar refractivity (Wildman–Crippen MR) is 98.5 cm³/mol. The fourth-order valence-electron chi connectivity index (χ4n) is 3.26. The highest BCUT2D eigenvalue weighted by Crippen LogP contribution is 2.33. The molecular weight excluding hydrogens is 334 g/mol. The number of hydrogen-bond donors (Lipinski definition) is 1. The first-order valence-electron chi connectivity index (χ1n) is 8.26. The normalized spacial score (nSPS) is 17.0. The Morgan fingerprint density at radius 2 is 2.12 bits per heavy atom. The van der Waals surface area contributed by atoms with E-state index in [9.17, 15) is 4.79 Å². The first kappa shape index (κ1) is 15.8. The number of anilines is 1. The van der Waals surface area contributed by atoms with Gasteiger partial charge in [-0.05, 0) is 59.5 Å². The SMILES string of the molecule is Cn1cnnc1-c1ccc(NC(=O)N2CCC[C@@H]2c2ccsc2)cc1. The number of rotatable bonds is 3. The summed E-state index contributed by atoms with van der Waals surface area (Å²) in [4.78, 5) is 14.6. The minimum Gasteiger partial charge on any atom is -0.317 e. The van der Waals surface area contributed by atoms with Crippen LogP contribution in [0, 0.1) is 0 Å². The molecule has 0 bridgehead atoms. The summed E-state index contributed by atoms with van der Waals surface area (Å²) in [5.74, 6) is 0.801. The van der Waals surface area contributed by atoms with Gasteiger partial charge in [0.05, 0.1) is 6.04 Å². The summed E-state index contributed by atoms with van der Waals surface area (Å²) in [5, 5.41) is 15.2. The number of aryl methyl sites for hydroxylation is 1. The molecule has 7 heteroatoms. The Bertz CT molecular complexity index is 856. The highest BCUT2D eigenvalue weighted by molar-refractivity contribution is 7.08. The zero-order valence-electron chi connectivity index (χ0n) is 13.9. The molecule has 1 aliphatic rings. The van der Waals surface area contributed by atoms with E-state index in [1.807, 2.05) is 40.8 Å². The van der Waals surface area contributed by atoms with Crippen LogP contribution in [-0.2, 0) is 7.05 Å². The Morgan fingerprint density at radius 1 is 1.28 bits per heavy atom. The van der Waals surface area contributed by atoms with Gasteiger partial charge in [-0.2, -0.15) is 11.3 Å². The van der Waals surface area contributed by atoms with Crippen LogP contribution in [0.1, 0.15) is 24.4 Å². The second-order valence-electron chi connectivity index (χ2n) is 6.18. The molecule has 1 atom stereocenters. The molecule has 0 saturated carbocycles. The van der Waals surface area contributed by atoms with Crippen molar-refractivity contribution in [3.63, 3.8) is 0 Å². The van der Waals surface area contributed by atoms with Crippen molar-refractivity contribution in [2.75, 3.05) is 11.9 Å². The van der Waals surface area contributed by atoms with Crippen LogP contribution in [0.15, 0.2) is 47.4 Å². The number of likely N-dealkylation sites (tertiary alicyclic amines) is 1. The van der Waals surface area contributed by atoms with Crippen molar-refractivity contribution in [1.82, 2.24) is 19.7 Å². The number of aromatic nitrogens is 3. The molecule has 0 aliphatic carbocycles. The van der Waals surface area contributed by atoms with Gasteiger partial charge in [-0.25, -0.2) is 4.79 Å². The van der Waals surface area contributed by atoms with Crippen LogP contribution >= 0.6 is 11.3 Å². The van der Waals surface area contributed by atoms with E-state index in [0.717, 1.165) is 36.5 Å². The minimum absolute atomic E-state index is 0.0416. The number of thiophene rings is 1. The number of benzene rings is 1.